The number of hydrogen-bond acceptors (Lipinski definition) is 3. The fourth-order valence-corrected chi connectivity index (χ4v) is 3.47. The van der Waals surface area contributed by atoms with Crippen molar-refractivity contribution in [1.29, 1.82) is 0 Å². The van der Waals surface area contributed by atoms with Crippen LogP contribution in [-0.4, -0.2) is 9.97 Å². The van der Waals surface area contributed by atoms with Crippen LogP contribution in [0, 0.1) is 6.92 Å². The first-order valence-electron chi connectivity index (χ1n) is 6.61. The average Bonchev–Trinajstić information content (AvgIpc) is 3.24. The van der Waals surface area contributed by atoms with Crippen molar-refractivity contribution < 1.29 is 0 Å². The number of nitrogens with one attached hydrogen (secondary N) is 1. The van der Waals surface area contributed by atoms with Crippen LogP contribution in [0.25, 0.3) is 0 Å². The zero-order chi connectivity index (χ0) is 14.1. The molecule has 0 amide bonds. The van der Waals surface area contributed by atoms with Gasteiger partial charge in [0, 0.05) is 10.8 Å². The molecule has 20 heavy (non-hydrogen) atoms. The highest BCUT2D eigenvalue weighted by Gasteiger charge is 2.28. The van der Waals surface area contributed by atoms with Gasteiger partial charge < -0.3 is 4.98 Å². The zero-order valence-electron chi connectivity index (χ0n) is 11.1. The molecule has 0 aliphatic heterocycles. The summed E-state index contributed by atoms with van der Waals surface area (Å²) in [5, 5.41) is 0. The topological polar surface area (TPSA) is 45.8 Å². The Bertz CT molecular complexity index is 695. The molecule has 1 fully saturated rings. The molecule has 1 aromatic carbocycles. The van der Waals surface area contributed by atoms with Gasteiger partial charge in [0.2, 0.25) is 0 Å². The lowest BCUT2D eigenvalue weighted by Gasteiger charge is -2.06. The summed E-state index contributed by atoms with van der Waals surface area (Å²) in [4.78, 5) is 20.6. The first-order chi connectivity index (χ1) is 9.63. The molecule has 0 atom stereocenters. The molecule has 2 aromatic rings. The number of aromatic amines is 1. The van der Waals surface area contributed by atoms with E-state index in [4.69, 9.17) is 0 Å². The van der Waals surface area contributed by atoms with Crippen molar-refractivity contribution >= 4 is 27.7 Å². The largest absolute Gasteiger partial charge is 0.309 e. The van der Waals surface area contributed by atoms with Crippen molar-refractivity contribution in [3.8, 4) is 0 Å². The second-order valence-corrected chi connectivity index (χ2v) is 6.93. The number of H-pyrrole nitrogens is 1. The van der Waals surface area contributed by atoms with Crippen molar-refractivity contribution in [3.05, 3.63) is 56.2 Å². The molecule has 0 bridgehead atoms. The molecule has 0 unspecified atom stereocenters. The molecule has 1 aliphatic rings. The number of hydrogen-bond donors (Lipinski definition) is 1. The van der Waals surface area contributed by atoms with Crippen LogP contribution in [0.15, 0.2) is 38.4 Å². The van der Waals surface area contributed by atoms with Gasteiger partial charge in [-0.25, -0.2) is 4.98 Å². The minimum atomic E-state index is -0.0678. The highest BCUT2D eigenvalue weighted by Crippen LogP contribution is 2.41. The molecule has 1 N–H and O–H groups in total. The maximum Gasteiger partial charge on any atom is 0.265 e. The van der Waals surface area contributed by atoms with Gasteiger partial charge in [-0.1, -0.05) is 17.7 Å². The summed E-state index contributed by atoms with van der Waals surface area (Å²) >= 11 is 5.04. The van der Waals surface area contributed by atoms with E-state index < -0.39 is 0 Å². The van der Waals surface area contributed by atoms with Gasteiger partial charge in [0.05, 0.1) is 11.4 Å². The Balaban J connectivity index is 1.79. The summed E-state index contributed by atoms with van der Waals surface area (Å²) in [5.74, 6) is 1.91. The number of benzene rings is 1. The molecule has 5 heteroatoms. The Morgan fingerprint density at radius 1 is 1.45 bits per heavy atom. The number of rotatable bonds is 4. The van der Waals surface area contributed by atoms with Gasteiger partial charge >= 0.3 is 0 Å². The lowest BCUT2D eigenvalue weighted by atomic mass is 10.2. The molecular weight excluding hydrogens is 336 g/mol. The number of thioether (sulfide) groups is 1. The molecule has 1 heterocycles. The molecule has 0 radical (unpaired) electrons. The van der Waals surface area contributed by atoms with Crippen molar-refractivity contribution in [2.24, 2.45) is 0 Å². The van der Waals surface area contributed by atoms with E-state index in [1.165, 1.54) is 10.5 Å². The minimum Gasteiger partial charge on any atom is -0.309 e. The zero-order valence-corrected chi connectivity index (χ0v) is 13.6. The van der Waals surface area contributed by atoms with Crippen LogP contribution in [0.4, 0.5) is 0 Å². The summed E-state index contributed by atoms with van der Waals surface area (Å²) in [7, 11) is 0. The van der Waals surface area contributed by atoms with Gasteiger partial charge in [-0.3, -0.25) is 4.79 Å². The van der Waals surface area contributed by atoms with Gasteiger partial charge in [-0.2, -0.15) is 0 Å². The minimum absolute atomic E-state index is 0.0678. The number of aromatic nitrogens is 2. The van der Waals surface area contributed by atoms with E-state index >= 15 is 0 Å². The fourth-order valence-electron chi connectivity index (χ4n) is 2.08. The molecule has 1 saturated carbocycles. The van der Waals surface area contributed by atoms with E-state index in [9.17, 15) is 4.79 Å². The maximum atomic E-state index is 11.9. The van der Waals surface area contributed by atoms with Gasteiger partial charge in [0.25, 0.3) is 5.56 Å². The van der Waals surface area contributed by atoms with E-state index in [1.807, 2.05) is 6.07 Å². The smallest absolute Gasteiger partial charge is 0.265 e. The lowest BCUT2D eigenvalue weighted by Crippen LogP contribution is -2.14. The summed E-state index contributed by atoms with van der Waals surface area (Å²) < 4.78 is 0.601. The maximum absolute atomic E-state index is 11.9. The van der Waals surface area contributed by atoms with Crippen molar-refractivity contribution in [2.45, 2.75) is 36.3 Å². The number of nitrogens with zero attached hydrogens (tertiary/aromatic N) is 1. The van der Waals surface area contributed by atoms with Gasteiger partial charge in [0.15, 0.2) is 0 Å². The Kier molecular flexibility index (Phi) is 3.98. The van der Waals surface area contributed by atoms with Crippen LogP contribution in [0.2, 0.25) is 0 Å². The third-order valence-corrected chi connectivity index (χ3v) is 5.04. The van der Waals surface area contributed by atoms with Gasteiger partial charge in [0.1, 0.15) is 10.3 Å². The van der Waals surface area contributed by atoms with Gasteiger partial charge in [-0.15, -0.1) is 11.8 Å². The lowest BCUT2D eigenvalue weighted by molar-refractivity contribution is 0.899. The molecule has 3 rings (SSSR count). The van der Waals surface area contributed by atoms with Crippen molar-refractivity contribution in [2.75, 3.05) is 0 Å². The molecule has 1 aliphatic carbocycles. The monoisotopic (exact) mass is 350 g/mol. The highest BCUT2D eigenvalue weighted by molar-refractivity contribution is 9.10. The predicted molar refractivity (Wildman–Crippen MR) is 85.3 cm³/mol. The predicted octanol–water partition coefficient (Wildman–Crippen LogP) is 4.01. The van der Waals surface area contributed by atoms with Crippen LogP contribution >= 0.6 is 27.7 Å². The number of aryl methyl sites for hydroxylation is 1. The first kappa shape index (κ1) is 13.9. The van der Waals surface area contributed by atoms with E-state index in [2.05, 4.69) is 51.0 Å². The van der Waals surface area contributed by atoms with Crippen LogP contribution in [0.5, 0.6) is 0 Å². The standard InChI is InChI=1S/C15H15BrN2OS/c1-9-3-2-4-11(7-9)20-8-12-17-14(10-5-6-10)13(16)15(19)18-12/h2-4,7,10H,5-6,8H2,1H3,(H,17,18,19). The molecular formula is C15H15BrN2OS. The SMILES string of the molecule is Cc1cccc(SCc2nc(C3CC3)c(Br)c(=O)[nH]2)c1. The Labute approximate surface area is 130 Å². The summed E-state index contributed by atoms with van der Waals surface area (Å²) in [5.41, 5.74) is 2.10. The quantitative estimate of drug-likeness (QED) is 0.847. The molecule has 104 valence electrons. The Morgan fingerprint density at radius 3 is 2.95 bits per heavy atom. The average molecular weight is 351 g/mol. The highest BCUT2D eigenvalue weighted by atomic mass is 79.9. The van der Waals surface area contributed by atoms with Crippen LogP contribution in [0.1, 0.15) is 35.8 Å². The molecule has 0 saturated heterocycles. The van der Waals surface area contributed by atoms with E-state index in [-0.39, 0.29) is 5.56 Å². The normalized spacial score (nSPS) is 14.5. The third-order valence-electron chi connectivity index (χ3n) is 3.27. The second kappa shape index (κ2) is 5.74. The molecule has 0 spiro atoms. The summed E-state index contributed by atoms with van der Waals surface area (Å²) in [6.07, 6.45) is 2.28. The van der Waals surface area contributed by atoms with Crippen molar-refractivity contribution in [3.63, 3.8) is 0 Å². The second-order valence-electron chi connectivity index (χ2n) is 5.09. The summed E-state index contributed by atoms with van der Waals surface area (Å²) in [6, 6.07) is 8.35. The van der Waals surface area contributed by atoms with Crippen LogP contribution < -0.4 is 5.56 Å². The third kappa shape index (κ3) is 3.15. The summed E-state index contributed by atoms with van der Waals surface area (Å²) in [6.45, 7) is 2.08. The number of halogens is 1. The first-order valence-corrected chi connectivity index (χ1v) is 8.39. The van der Waals surface area contributed by atoms with E-state index in [1.54, 1.807) is 11.8 Å². The van der Waals surface area contributed by atoms with E-state index in [0.29, 0.717) is 16.1 Å². The van der Waals surface area contributed by atoms with Crippen LogP contribution in [0.3, 0.4) is 0 Å². The van der Waals surface area contributed by atoms with Crippen molar-refractivity contribution in [1.82, 2.24) is 9.97 Å². The Morgan fingerprint density at radius 2 is 2.25 bits per heavy atom. The molecule has 3 nitrogen and oxygen atoms in total. The molecule has 1 aromatic heterocycles. The van der Waals surface area contributed by atoms with E-state index in [0.717, 1.165) is 24.4 Å². The van der Waals surface area contributed by atoms with Crippen LogP contribution in [-0.2, 0) is 5.75 Å². The van der Waals surface area contributed by atoms with Gasteiger partial charge in [-0.05, 0) is 47.8 Å². The Hall–Kier alpha value is -1.07. The fraction of sp³-hybridized carbons (Fsp3) is 0.333.